The number of carbonyl (C=O) groups excluding carboxylic acids is 2. The van der Waals surface area contributed by atoms with Crippen molar-refractivity contribution in [3.05, 3.63) is 34.4 Å². The second-order valence-corrected chi connectivity index (χ2v) is 5.65. The lowest BCUT2D eigenvalue weighted by Gasteiger charge is -2.16. The summed E-state index contributed by atoms with van der Waals surface area (Å²) in [4.78, 5) is 24.2. The van der Waals surface area contributed by atoms with Crippen molar-refractivity contribution in [3.63, 3.8) is 0 Å². The maximum Gasteiger partial charge on any atom is 0.310 e. The van der Waals surface area contributed by atoms with Crippen molar-refractivity contribution < 1.29 is 24.5 Å². The van der Waals surface area contributed by atoms with E-state index in [2.05, 4.69) is 0 Å². The largest absolute Gasteiger partial charge is 0.506 e. The average Bonchev–Trinajstić information content (AvgIpc) is 2.43. The highest BCUT2D eigenvalue weighted by molar-refractivity contribution is 6.34. The van der Waals surface area contributed by atoms with Crippen LogP contribution in [0.25, 0.3) is 0 Å². The molecule has 1 aliphatic rings. The number of phenolic OH excluding ortho intramolecular Hbond substituents is 2. The Morgan fingerprint density at radius 3 is 2.77 bits per heavy atom. The van der Waals surface area contributed by atoms with Crippen LogP contribution in [0.3, 0.4) is 0 Å². The summed E-state index contributed by atoms with van der Waals surface area (Å²) in [5.74, 6) is -1.89. The van der Waals surface area contributed by atoms with E-state index in [-0.39, 0.29) is 34.4 Å². The van der Waals surface area contributed by atoms with Crippen LogP contribution in [0.5, 0.6) is 11.5 Å². The number of ketones is 1. The van der Waals surface area contributed by atoms with E-state index in [0.717, 1.165) is 6.42 Å². The van der Waals surface area contributed by atoms with Crippen molar-refractivity contribution in [2.24, 2.45) is 0 Å². The third kappa shape index (κ3) is 3.60. The molecule has 0 unspecified atom stereocenters. The minimum absolute atomic E-state index is 0.0794. The van der Waals surface area contributed by atoms with E-state index in [9.17, 15) is 19.8 Å². The van der Waals surface area contributed by atoms with Crippen LogP contribution in [0, 0.1) is 0 Å². The Balaban J connectivity index is 2.50. The van der Waals surface area contributed by atoms with Gasteiger partial charge in [-0.05, 0) is 43.9 Å². The highest BCUT2D eigenvalue weighted by atomic mass is 35.5. The fraction of sp³-hybridized carbons (Fsp3) is 0.375. The van der Waals surface area contributed by atoms with Crippen molar-refractivity contribution in [2.75, 3.05) is 0 Å². The van der Waals surface area contributed by atoms with Gasteiger partial charge in [0.25, 0.3) is 0 Å². The van der Waals surface area contributed by atoms with Crippen LogP contribution < -0.4 is 0 Å². The monoisotopic (exact) mass is 324 g/mol. The Morgan fingerprint density at radius 2 is 2.05 bits per heavy atom. The Morgan fingerprint density at radius 1 is 1.32 bits per heavy atom. The standard InChI is InChI=1S/C16H17ClO5/c1-9-5-3-2-4-6-11(18)14-10(8-13(20)22-9)7-12(19)15(17)16(14)21/h4,6-7,9,19,21H,2-3,5,8H2,1H3/t9-/m0/s1. The normalized spacial score (nSPS) is 19.8. The van der Waals surface area contributed by atoms with Gasteiger partial charge in [-0.15, -0.1) is 0 Å². The molecule has 0 saturated carbocycles. The molecule has 2 N–H and O–H groups in total. The fourth-order valence-electron chi connectivity index (χ4n) is 2.38. The predicted molar refractivity (Wildman–Crippen MR) is 81.4 cm³/mol. The number of hydrogen-bond donors (Lipinski definition) is 2. The number of ether oxygens (including phenoxy) is 1. The molecule has 22 heavy (non-hydrogen) atoms. The van der Waals surface area contributed by atoms with Gasteiger partial charge >= 0.3 is 5.97 Å². The van der Waals surface area contributed by atoms with Gasteiger partial charge in [-0.25, -0.2) is 0 Å². The van der Waals surface area contributed by atoms with E-state index in [1.165, 1.54) is 12.1 Å². The molecule has 0 aromatic heterocycles. The van der Waals surface area contributed by atoms with Crippen LogP contribution in [-0.4, -0.2) is 28.1 Å². The number of phenols is 2. The molecule has 0 radical (unpaired) electrons. The number of aromatic hydroxyl groups is 2. The number of rotatable bonds is 0. The summed E-state index contributed by atoms with van der Waals surface area (Å²) in [7, 11) is 0. The van der Waals surface area contributed by atoms with Gasteiger partial charge in [-0.1, -0.05) is 17.7 Å². The predicted octanol–water partition coefficient (Wildman–Crippen LogP) is 3.15. The van der Waals surface area contributed by atoms with Gasteiger partial charge in [0, 0.05) is 0 Å². The molecule has 118 valence electrons. The first-order valence-corrected chi connectivity index (χ1v) is 7.41. The maximum atomic E-state index is 12.2. The molecule has 2 rings (SSSR count). The summed E-state index contributed by atoms with van der Waals surface area (Å²) < 4.78 is 5.25. The molecule has 0 saturated heterocycles. The van der Waals surface area contributed by atoms with E-state index < -0.39 is 17.5 Å². The molecule has 0 amide bonds. The Kier molecular flexibility index (Phi) is 5.08. The molecular formula is C16H17ClO5. The molecule has 0 spiro atoms. The first-order chi connectivity index (χ1) is 10.4. The van der Waals surface area contributed by atoms with Gasteiger partial charge in [0.15, 0.2) is 5.78 Å². The van der Waals surface area contributed by atoms with Crippen LogP contribution >= 0.6 is 11.6 Å². The van der Waals surface area contributed by atoms with Crippen molar-refractivity contribution in [1.29, 1.82) is 0 Å². The summed E-state index contributed by atoms with van der Waals surface area (Å²) in [6, 6.07) is 1.21. The van der Waals surface area contributed by atoms with Gasteiger partial charge < -0.3 is 14.9 Å². The number of cyclic esters (lactones) is 1. The number of hydrogen-bond acceptors (Lipinski definition) is 5. The number of allylic oxidation sites excluding steroid dienone is 2. The van der Waals surface area contributed by atoms with Gasteiger partial charge in [0.1, 0.15) is 16.5 Å². The first-order valence-electron chi connectivity index (χ1n) is 7.03. The van der Waals surface area contributed by atoms with Crippen LogP contribution in [0.2, 0.25) is 5.02 Å². The van der Waals surface area contributed by atoms with Crippen molar-refractivity contribution in [2.45, 2.75) is 38.7 Å². The molecule has 6 heteroatoms. The molecule has 0 fully saturated rings. The summed E-state index contributed by atoms with van der Waals surface area (Å²) in [6.07, 6.45) is 4.76. The quantitative estimate of drug-likeness (QED) is 0.716. The SMILES string of the molecule is C[C@H]1CCCC=CC(=O)c2c(cc(O)c(Cl)c2O)CC(=O)O1. The number of carbonyl (C=O) groups is 2. The number of fused-ring (bicyclic) bond motifs is 1. The third-order valence-corrected chi connectivity index (χ3v) is 3.84. The minimum Gasteiger partial charge on any atom is -0.506 e. The molecule has 1 aromatic carbocycles. The van der Waals surface area contributed by atoms with Crippen LogP contribution in [0.1, 0.15) is 42.1 Å². The molecule has 1 aliphatic heterocycles. The van der Waals surface area contributed by atoms with Crippen molar-refractivity contribution in [3.8, 4) is 11.5 Å². The lowest BCUT2D eigenvalue weighted by Crippen LogP contribution is -2.18. The van der Waals surface area contributed by atoms with E-state index in [4.69, 9.17) is 16.3 Å². The molecule has 0 aliphatic carbocycles. The summed E-state index contributed by atoms with van der Waals surface area (Å²) in [6.45, 7) is 1.80. The van der Waals surface area contributed by atoms with Crippen LogP contribution in [0.15, 0.2) is 18.2 Å². The number of esters is 1. The average molecular weight is 325 g/mol. The van der Waals surface area contributed by atoms with E-state index >= 15 is 0 Å². The highest BCUT2D eigenvalue weighted by Gasteiger charge is 2.23. The zero-order valence-corrected chi connectivity index (χ0v) is 12.9. The Hall–Kier alpha value is -2.01. The van der Waals surface area contributed by atoms with Crippen molar-refractivity contribution >= 4 is 23.4 Å². The highest BCUT2D eigenvalue weighted by Crippen LogP contribution is 2.38. The summed E-state index contributed by atoms with van der Waals surface area (Å²) >= 11 is 5.77. The molecule has 1 atom stereocenters. The third-order valence-electron chi connectivity index (χ3n) is 3.47. The molecule has 1 heterocycles. The summed E-state index contributed by atoms with van der Waals surface area (Å²) in [5, 5.41) is 19.4. The van der Waals surface area contributed by atoms with E-state index in [0.29, 0.717) is 12.8 Å². The van der Waals surface area contributed by atoms with Crippen LogP contribution in [0.4, 0.5) is 0 Å². The van der Waals surface area contributed by atoms with Gasteiger partial charge in [0.05, 0.1) is 18.1 Å². The second-order valence-electron chi connectivity index (χ2n) is 5.27. The topological polar surface area (TPSA) is 83.8 Å². The smallest absolute Gasteiger partial charge is 0.310 e. The molecular weight excluding hydrogens is 308 g/mol. The Bertz CT molecular complexity index is 636. The number of benzene rings is 1. The van der Waals surface area contributed by atoms with Gasteiger partial charge in [0.2, 0.25) is 0 Å². The lowest BCUT2D eigenvalue weighted by molar-refractivity contribution is -0.147. The van der Waals surface area contributed by atoms with Gasteiger partial charge in [-0.2, -0.15) is 0 Å². The van der Waals surface area contributed by atoms with Gasteiger partial charge in [-0.3, -0.25) is 9.59 Å². The first kappa shape index (κ1) is 16.4. The second kappa shape index (κ2) is 6.83. The molecule has 5 nitrogen and oxygen atoms in total. The van der Waals surface area contributed by atoms with E-state index in [1.807, 2.05) is 0 Å². The lowest BCUT2D eigenvalue weighted by atomic mass is 9.98. The number of halogens is 1. The zero-order chi connectivity index (χ0) is 16.3. The van der Waals surface area contributed by atoms with E-state index in [1.54, 1.807) is 13.0 Å². The Labute approximate surface area is 133 Å². The minimum atomic E-state index is -0.524. The molecule has 0 bridgehead atoms. The maximum absolute atomic E-state index is 12.2. The summed E-state index contributed by atoms with van der Waals surface area (Å²) in [5.41, 5.74) is 0.107. The molecule has 1 aromatic rings. The zero-order valence-electron chi connectivity index (χ0n) is 12.1. The van der Waals surface area contributed by atoms with Crippen LogP contribution in [-0.2, 0) is 16.0 Å². The van der Waals surface area contributed by atoms with Crippen molar-refractivity contribution in [1.82, 2.24) is 0 Å². The fourth-order valence-corrected chi connectivity index (χ4v) is 2.52.